The second-order valence-electron chi connectivity index (χ2n) is 14.9. The number of benzene rings is 9. The summed E-state index contributed by atoms with van der Waals surface area (Å²) in [7, 11) is 0. The Morgan fingerprint density at radius 1 is 0.298 bits per heavy atom. The zero-order valence-electron chi connectivity index (χ0n) is 30.9. The van der Waals surface area contributed by atoms with E-state index in [1.165, 1.54) is 71.6 Å². The van der Waals surface area contributed by atoms with Crippen molar-refractivity contribution in [2.24, 2.45) is 0 Å². The molecular weight excluding hydrogens is 693 g/mol. The fourth-order valence-corrected chi connectivity index (χ4v) is 9.20. The Bertz CT molecular complexity index is 3510. The lowest BCUT2D eigenvalue weighted by molar-refractivity contribution is 0.666. The van der Waals surface area contributed by atoms with Crippen LogP contribution in [0.2, 0.25) is 0 Å². The first-order chi connectivity index (χ1) is 28.3. The van der Waals surface area contributed by atoms with E-state index in [0.29, 0.717) is 0 Å². The summed E-state index contributed by atoms with van der Waals surface area (Å²) in [4.78, 5) is 0. The van der Waals surface area contributed by atoms with Crippen LogP contribution < -0.4 is 0 Å². The molecule has 0 aliphatic carbocycles. The van der Waals surface area contributed by atoms with E-state index in [9.17, 15) is 0 Å². The minimum Gasteiger partial charge on any atom is -0.454 e. The van der Waals surface area contributed by atoms with Gasteiger partial charge in [0.15, 0.2) is 5.58 Å². The van der Waals surface area contributed by atoms with E-state index >= 15 is 0 Å². The Kier molecular flexibility index (Phi) is 6.93. The van der Waals surface area contributed by atoms with Gasteiger partial charge in [-0.3, -0.25) is 0 Å². The molecule has 0 aliphatic heterocycles. The van der Waals surface area contributed by atoms with Crippen LogP contribution in [-0.4, -0.2) is 9.13 Å². The molecule has 0 saturated heterocycles. The van der Waals surface area contributed by atoms with Crippen LogP contribution >= 0.6 is 0 Å². The second-order valence-corrected chi connectivity index (χ2v) is 14.9. The molecule has 0 fully saturated rings. The number of fused-ring (bicyclic) bond motifs is 9. The van der Waals surface area contributed by atoms with Crippen LogP contribution in [0.1, 0.15) is 0 Å². The minimum atomic E-state index is 0.887. The highest BCUT2D eigenvalue weighted by Crippen LogP contribution is 2.44. The van der Waals surface area contributed by atoms with Crippen LogP contribution in [0.4, 0.5) is 0 Å². The van der Waals surface area contributed by atoms with E-state index in [-0.39, 0.29) is 0 Å². The van der Waals surface area contributed by atoms with Gasteiger partial charge in [0.05, 0.1) is 33.4 Å². The van der Waals surface area contributed by atoms with Crippen LogP contribution in [0.15, 0.2) is 211 Å². The van der Waals surface area contributed by atoms with Gasteiger partial charge in [0.1, 0.15) is 5.58 Å². The molecule has 0 amide bonds. The number of rotatable bonds is 5. The first-order valence-electron chi connectivity index (χ1n) is 19.5. The van der Waals surface area contributed by atoms with E-state index in [0.717, 1.165) is 38.7 Å². The first kappa shape index (κ1) is 31.7. The van der Waals surface area contributed by atoms with Crippen molar-refractivity contribution in [2.75, 3.05) is 0 Å². The molecule has 12 aromatic rings. The maximum atomic E-state index is 6.79. The lowest BCUT2D eigenvalue weighted by Crippen LogP contribution is -1.97. The molecule has 0 N–H and O–H groups in total. The molecule has 0 radical (unpaired) electrons. The van der Waals surface area contributed by atoms with Crippen LogP contribution in [0.5, 0.6) is 0 Å². The molecule has 0 bridgehead atoms. The number of hydrogen-bond acceptors (Lipinski definition) is 1. The zero-order valence-corrected chi connectivity index (χ0v) is 30.9. The lowest BCUT2D eigenvalue weighted by Gasteiger charge is -2.14. The van der Waals surface area contributed by atoms with E-state index in [2.05, 4.69) is 209 Å². The third kappa shape index (κ3) is 4.79. The van der Waals surface area contributed by atoms with Gasteiger partial charge in [-0.25, -0.2) is 0 Å². The second kappa shape index (κ2) is 12.5. The van der Waals surface area contributed by atoms with Gasteiger partial charge in [-0.1, -0.05) is 158 Å². The van der Waals surface area contributed by atoms with Crippen molar-refractivity contribution < 1.29 is 4.42 Å². The predicted molar refractivity (Wildman–Crippen MR) is 239 cm³/mol. The van der Waals surface area contributed by atoms with Gasteiger partial charge in [-0.05, 0) is 76.3 Å². The molecule has 0 unspecified atom stereocenters. The highest BCUT2D eigenvalue weighted by molar-refractivity contribution is 6.17. The predicted octanol–water partition coefficient (Wildman–Crippen LogP) is 14.8. The Labute approximate surface area is 328 Å². The molecule has 12 rings (SSSR count). The van der Waals surface area contributed by atoms with E-state index in [4.69, 9.17) is 4.42 Å². The Morgan fingerprint density at radius 2 is 0.842 bits per heavy atom. The van der Waals surface area contributed by atoms with Crippen molar-refractivity contribution in [2.45, 2.75) is 0 Å². The third-order valence-corrected chi connectivity index (χ3v) is 11.7. The number of nitrogens with zero attached hydrogens (tertiary/aromatic N) is 2. The van der Waals surface area contributed by atoms with Crippen molar-refractivity contribution in [3.63, 3.8) is 0 Å². The molecule has 57 heavy (non-hydrogen) atoms. The van der Waals surface area contributed by atoms with Crippen LogP contribution in [0.3, 0.4) is 0 Å². The molecular formula is C54H34N2O. The van der Waals surface area contributed by atoms with Crippen LogP contribution in [0, 0.1) is 0 Å². The lowest BCUT2D eigenvalue weighted by atomic mass is 9.98. The van der Waals surface area contributed by atoms with Gasteiger partial charge in [-0.2, -0.15) is 0 Å². The first-order valence-corrected chi connectivity index (χ1v) is 19.5. The van der Waals surface area contributed by atoms with Crippen molar-refractivity contribution in [1.29, 1.82) is 0 Å². The summed E-state index contributed by atoms with van der Waals surface area (Å²) in [5.41, 5.74) is 15.7. The highest BCUT2D eigenvalue weighted by Gasteiger charge is 2.21. The average molecular weight is 727 g/mol. The summed E-state index contributed by atoms with van der Waals surface area (Å²) in [6.07, 6.45) is 0. The summed E-state index contributed by atoms with van der Waals surface area (Å²) in [6.45, 7) is 0. The van der Waals surface area contributed by atoms with E-state index < -0.39 is 0 Å². The molecule has 3 heterocycles. The van der Waals surface area contributed by atoms with E-state index in [1.54, 1.807) is 0 Å². The summed E-state index contributed by atoms with van der Waals surface area (Å²) in [5, 5.41) is 7.15. The number of hydrogen-bond donors (Lipinski definition) is 0. The fourth-order valence-electron chi connectivity index (χ4n) is 9.20. The van der Waals surface area contributed by atoms with Crippen molar-refractivity contribution in [3.05, 3.63) is 206 Å². The molecule has 9 aromatic carbocycles. The normalized spacial score (nSPS) is 11.9. The van der Waals surface area contributed by atoms with Gasteiger partial charge in [0, 0.05) is 37.9 Å². The maximum Gasteiger partial charge on any atom is 0.160 e. The molecule has 3 aromatic heterocycles. The SMILES string of the molecule is c1ccc(-c2ccccc2-n2c3ccccc3c3ccc(-c4ccc5c(c4)c4ccccc4n5-c4ccc(-c5ccccc5)c5c4oc4ccccc45)cc32)cc1. The minimum absolute atomic E-state index is 0.887. The van der Waals surface area contributed by atoms with Gasteiger partial charge in [0.25, 0.3) is 0 Å². The van der Waals surface area contributed by atoms with Crippen LogP contribution in [0.25, 0.3) is 110 Å². The van der Waals surface area contributed by atoms with Gasteiger partial charge in [0.2, 0.25) is 0 Å². The third-order valence-electron chi connectivity index (χ3n) is 11.7. The van der Waals surface area contributed by atoms with E-state index in [1.807, 2.05) is 6.07 Å². The summed E-state index contributed by atoms with van der Waals surface area (Å²) in [6, 6.07) is 74.3. The maximum absolute atomic E-state index is 6.79. The summed E-state index contributed by atoms with van der Waals surface area (Å²) < 4.78 is 11.6. The van der Waals surface area contributed by atoms with Crippen molar-refractivity contribution in [1.82, 2.24) is 9.13 Å². The number of furan rings is 1. The Morgan fingerprint density at radius 3 is 1.61 bits per heavy atom. The molecule has 0 atom stereocenters. The van der Waals surface area contributed by atoms with Gasteiger partial charge < -0.3 is 13.6 Å². The molecule has 0 saturated carbocycles. The molecule has 0 aliphatic rings. The average Bonchev–Trinajstić information content (AvgIpc) is 3.94. The number of aromatic nitrogens is 2. The van der Waals surface area contributed by atoms with Crippen molar-refractivity contribution in [3.8, 4) is 44.8 Å². The molecule has 3 nitrogen and oxygen atoms in total. The van der Waals surface area contributed by atoms with Gasteiger partial charge >= 0.3 is 0 Å². The Hall–Kier alpha value is -7.62. The molecule has 3 heteroatoms. The topological polar surface area (TPSA) is 23.0 Å². The standard InChI is InChI=1S/C54H34N2O/c1-3-15-35(16-4-1)39-19-7-11-23-46(39)56-47-24-12-8-20-41(47)43-29-27-38(34-51(43)56)37-28-31-49-45(33-37)42-21-9-13-25-48(42)55(49)50-32-30-40(36-17-5-2-6-18-36)53-44-22-10-14-26-52(44)57-54(50)53/h1-34H. The van der Waals surface area contributed by atoms with Gasteiger partial charge in [-0.15, -0.1) is 0 Å². The Balaban J connectivity index is 1.08. The quantitative estimate of drug-likeness (QED) is 0.173. The molecule has 266 valence electrons. The largest absolute Gasteiger partial charge is 0.454 e. The summed E-state index contributed by atoms with van der Waals surface area (Å²) in [5.74, 6) is 0. The molecule has 0 spiro atoms. The highest BCUT2D eigenvalue weighted by atomic mass is 16.3. The zero-order chi connectivity index (χ0) is 37.5. The van der Waals surface area contributed by atoms with Crippen LogP contribution in [-0.2, 0) is 0 Å². The van der Waals surface area contributed by atoms with Crippen molar-refractivity contribution >= 4 is 65.6 Å². The smallest absolute Gasteiger partial charge is 0.160 e. The fraction of sp³-hybridized carbons (Fsp3) is 0. The number of para-hydroxylation sites is 4. The monoisotopic (exact) mass is 726 g/mol. The summed E-state index contributed by atoms with van der Waals surface area (Å²) >= 11 is 0.